The normalized spacial score (nSPS) is 15.2. The number of primary amides is 1. The van der Waals surface area contributed by atoms with Gasteiger partial charge in [0.1, 0.15) is 17.4 Å². The highest BCUT2D eigenvalue weighted by atomic mass is 35.5. The van der Waals surface area contributed by atoms with Crippen molar-refractivity contribution in [2.75, 3.05) is 37.0 Å². The van der Waals surface area contributed by atoms with Gasteiger partial charge in [0.2, 0.25) is 12.3 Å². The van der Waals surface area contributed by atoms with Crippen LogP contribution >= 0.6 is 11.6 Å². The van der Waals surface area contributed by atoms with Crippen molar-refractivity contribution >= 4 is 35.4 Å². The van der Waals surface area contributed by atoms with E-state index in [1.807, 2.05) is 19.0 Å². The van der Waals surface area contributed by atoms with Crippen LogP contribution in [0.2, 0.25) is 5.02 Å². The van der Waals surface area contributed by atoms with Crippen LogP contribution in [-0.2, 0) is 9.59 Å². The van der Waals surface area contributed by atoms with E-state index in [1.165, 1.54) is 17.0 Å². The summed E-state index contributed by atoms with van der Waals surface area (Å²) < 4.78 is 14.8. The van der Waals surface area contributed by atoms with Gasteiger partial charge in [-0.1, -0.05) is 17.7 Å². The molecule has 0 bridgehead atoms. The van der Waals surface area contributed by atoms with E-state index in [9.17, 15) is 19.1 Å². The SMILES string of the molecule is CN(C)/C=C\N(C=O)c1ccc(-c2cc(F)cc(-c3ccnc(N4CCC(C(N)=O)C4)c3)c2O)cc1Cl. The molecule has 2 heterocycles. The monoisotopic (exact) mass is 523 g/mol. The lowest BCUT2D eigenvalue weighted by Gasteiger charge is -2.19. The predicted octanol–water partition coefficient (Wildman–Crippen LogP) is 4.22. The van der Waals surface area contributed by atoms with Gasteiger partial charge < -0.3 is 20.6 Å². The van der Waals surface area contributed by atoms with Gasteiger partial charge in [-0.05, 0) is 53.9 Å². The number of carbonyl (C=O) groups is 2. The van der Waals surface area contributed by atoms with Crippen LogP contribution in [0.4, 0.5) is 15.9 Å². The first-order chi connectivity index (χ1) is 17.7. The number of rotatable bonds is 8. The molecule has 8 nitrogen and oxygen atoms in total. The van der Waals surface area contributed by atoms with E-state index in [2.05, 4.69) is 4.98 Å². The van der Waals surface area contributed by atoms with Crippen molar-refractivity contribution in [3.8, 4) is 28.0 Å². The zero-order valence-electron chi connectivity index (χ0n) is 20.4. The van der Waals surface area contributed by atoms with Crippen LogP contribution < -0.4 is 15.5 Å². The lowest BCUT2D eigenvalue weighted by Crippen LogP contribution is -2.27. The molecule has 2 aromatic carbocycles. The van der Waals surface area contributed by atoms with Gasteiger partial charge in [0.15, 0.2) is 0 Å². The molecule has 1 unspecified atom stereocenters. The molecule has 0 spiro atoms. The Morgan fingerprint density at radius 2 is 1.86 bits per heavy atom. The van der Waals surface area contributed by atoms with Crippen LogP contribution in [0.1, 0.15) is 6.42 Å². The first-order valence-corrected chi connectivity index (χ1v) is 12.0. The van der Waals surface area contributed by atoms with Crippen molar-refractivity contribution in [2.45, 2.75) is 6.42 Å². The number of aromatic nitrogens is 1. The number of phenols is 1. The number of hydrogen-bond acceptors (Lipinski definition) is 6. The summed E-state index contributed by atoms with van der Waals surface area (Å²) in [5, 5.41) is 11.4. The van der Waals surface area contributed by atoms with Gasteiger partial charge in [0, 0.05) is 56.9 Å². The Bertz CT molecular complexity index is 1360. The molecule has 1 aliphatic rings. The minimum Gasteiger partial charge on any atom is -0.507 e. The average Bonchev–Trinajstić information content (AvgIpc) is 3.37. The van der Waals surface area contributed by atoms with Gasteiger partial charge in [0.05, 0.1) is 16.6 Å². The van der Waals surface area contributed by atoms with Crippen molar-refractivity contribution in [2.24, 2.45) is 11.7 Å². The maximum Gasteiger partial charge on any atom is 0.222 e. The van der Waals surface area contributed by atoms with E-state index in [4.69, 9.17) is 17.3 Å². The Balaban J connectivity index is 1.69. The molecule has 1 aliphatic heterocycles. The molecule has 10 heteroatoms. The zero-order chi connectivity index (χ0) is 26.7. The molecule has 1 aromatic heterocycles. The quantitative estimate of drug-likeness (QED) is 0.428. The lowest BCUT2D eigenvalue weighted by atomic mass is 9.97. The summed E-state index contributed by atoms with van der Waals surface area (Å²) in [6, 6.07) is 10.8. The first kappa shape index (κ1) is 26.0. The summed E-state index contributed by atoms with van der Waals surface area (Å²) in [4.78, 5) is 32.5. The van der Waals surface area contributed by atoms with E-state index < -0.39 is 5.82 Å². The smallest absolute Gasteiger partial charge is 0.222 e. The second-order valence-electron chi connectivity index (χ2n) is 9.03. The summed E-state index contributed by atoms with van der Waals surface area (Å²) >= 11 is 6.47. The number of carbonyl (C=O) groups excluding carboxylic acids is 2. The van der Waals surface area contributed by atoms with Gasteiger partial charge in [-0.2, -0.15) is 0 Å². The number of anilines is 2. The Morgan fingerprint density at radius 3 is 2.46 bits per heavy atom. The maximum atomic E-state index is 14.8. The van der Waals surface area contributed by atoms with E-state index in [0.717, 1.165) is 0 Å². The number of pyridine rings is 1. The predicted molar refractivity (Wildman–Crippen MR) is 143 cm³/mol. The number of nitrogens with zero attached hydrogens (tertiary/aromatic N) is 4. The molecule has 37 heavy (non-hydrogen) atoms. The average molecular weight is 524 g/mol. The third-order valence-corrected chi connectivity index (χ3v) is 6.52. The Kier molecular flexibility index (Phi) is 7.63. The van der Waals surface area contributed by atoms with Gasteiger partial charge in [0.25, 0.3) is 0 Å². The Hall–Kier alpha value is -4.11. The molecule has 0 aliphatic carbocycles. The second kappa shape index (κ2) is 10.9. The lowest BCUT2D eigenvalue weighted by molar-refractivity contribution is -0.121. The summed E-state index contributed by atoms with van der Waals surface area (Å²) in [7, 11) is 3.65. The number of halogens is 2. The number of phenolic OH excluding ortho intramolecular Hbond substituents is 1. The van der Waals surface area contributed by atoms with Crippen molar-refractivity contribution in [3.05, 3.63) is 71.9 Å². The second-order valence-corrected chi connectivity index (χ2v) is 9.43. The minimum atomic E-state index is -0.542. The maximum absolute atomic E-state index is 14.8. The molecule has 1 saturated heterocycles. The van der Waals surface area contributed by atoms with Gasteiger partial charge in [-0.15, -0.1) is 0 Å². The van der Waals surface area contributed by atoms with Crippen molar-refractivity contribution in [1.29, 1.82) is 0 Å². The topological polar surface area (TPSA) is 103 Å². The summed E-state index contributed by atoms with van der Waals surface area (Å²) in [6.45, 7) is 1.08. The molecular formula is C27H27ClFN5O3. The van der Waals surface area contributed by atoms with Gasteiger partial charge in [-0.3, -0.25) is 14.5 Å². The summed E-state index contributed by atoms with van der Waals surface area (Å²) in [6.07, 6.45) is 6.11. The molecule has 4 rings (SSSR count). The fourth-order valence-electron chi connectivity index (χ4n) is 4.26. The number of aromatic hydroxyl groups is 1. The molecule has 1 fully saturated rings. The van der Waals surface area contributed by atoms with E-state index in [-0.39, 0.29) is 33.7 Å². The molecular weight excluding hydrogens is 497 g/mol. The summed E-state index contributed by atoms with van der Waals surface area (Å²) in [5.41, 5.74) is 7.46. The fourth-order valence-corrected chi connectivity index (χ4v) is 4.54. The van der Waals surface area contributed by atoms with E-state index in [1.54, 1.807) is 53.8 Å². The fraction of sp³-hybridized carbons (Fsp3) is 0.222. The van der Waals surface area contributed by atoms with Crippen molar-refractivity contribution < 1.29 is 19.1 Å². The molecule has 3 N–H and O–H groups in total. The standard InChI is InChI=1S/C27H27ClFN5O3/c1-32(2)9-10-34(16-35)24-4-3-17(11-23(24)28)21-13-20(29)14-22(26(21)36)18-5-7-31-25(12-18)33-8-6-19(15-33)27(30)37/h3-5,7,9-14,16,19,36H,6,8,15H2,1-2H3,(H2,30,37)/b10-9-. The van der Waals surface area contributed by atoms with Crippen LogP contribution in [0.5, 0.6) is 5.75 Å². The van der Waals surface area contributed by atoms with Crippen LogP contribution in [-0.4, -0.2) is 54.5 Å². The number of hydrogen-bond donors (Lipinski definition) is 2. The molecule has 0 saturated carbocycles. The summed E-state index contributed by atoms with van der Waals surface area (Å²) in [5.74, 6) is -0.654. The third kappa shape index (κ3) is 5.67. The zero-order valence-corrected chi connectivity index (χ0v) is 21.2. The number of amides is 2. The molecule has 3 aromatic rings. The van der Waals surface area contributed by atoms with Crippen molar-refractivity contribution in [1.82, 2.24) is 9.88 Å². The highest BCUT2D eigenvalue weighted by Crippen LogP contribution is 2.41. The Labute approximate surface area is 219 Å². The van der Waals surface area contributed by atoms with Crippen molar-refractivity contribution in [3.63, 3.8) is 0 Å². The van der Waals surface area contributed by atoms with Crippen LogP contribution in [0.15, 0.2) is 61.1 Å². The Morgan fingerprint density at radius 1 is 1.16 bits per heavy atom. The number of nitrogens with two attached hydrogens (primary N) is 1. The first-order valence-electron chi connectivity index (χ1n) is 11.6. The molecule has 2 amide bonds. The van der Waals surface area contributed by atoms with E-state index >= 15 is 0 Å². The van der Waals surface area contributed by atoms with Crippen LogP contribution in [0, 0.1) is 11.7 Å². The van der Waals surface area contributed by atoms with Crippen LogP contribution in [0.25, 0.3) is 22.3 Å². The molecule has 0 radical (unpaired) electrons. The van der Waals surface area contributed by atoms with Gasteiger partial charge in [-0.25, -0.2) is 9.37 Å². The van der Waals surface area contributed by atoms with Crippen LogP contribution in [0.3, 0.4) is 0 Å². The largest absolute Gasteiger partial charge is 0.507 e. The molecule has 1 atom stereocenters. The molecule has 192 valence electrons. The third-order valence-electron chi connectivity index (χ3n) is 6.22. The van der Waals surface area contributed by atoms with E-state index in [0.29, 0.717) is 48.6 Å². The minimum absolute atomic E-state index is 0.126. The highest BCUT2D eigenvalue weighted by Gasteiger charge is 2.27. The highest BCUT2D eigenvalue weighted by molar-refractivity contribution is 6.34. The van der Waals surface area contributed by atoms with Gasteiger partial charge >= 0.3 is 0 Å². The number of benzene rings is 2.